The molecule has 0 aliphatic heterocycles. The van der Waals surface area contributed by atoms with Gasteiger partial charge in [0.05, 0.1) is 0 Å². The van der Waals surface area contributed by atoms with E-state index in [1.165, 1.54) is 0 Å². The van der Waals surface area contributed by atoms with E-state index in [-0.39, 0.29) is 27.7 Å². The summed E-state index contributed by atoms with van der Waals surface area (Å²) in [6.45, 7) is -0.0946. The fourth-order valence-electron chi connectivity index (χ4n) is 2.10. The van der Waals surface area contributed by atoms with Crippen molar-refractivity contribution in [2.45, 2.75) is 19.0 Å². The summed E-state index contributed by atoms with van der Waals surface area (Å²) in [6.07, 6.45) is -2.26. The molecule has 26 heavy (non-hydrogen) atoms. The van der Waals surface area contributed by atoms with E-state index in [2.05, 4.69) is 0 Å². The number of alkyl halides is 2. The van der Waals surface area contributed by atoms with Crippen LogP contribution in [0.2, 0.25) is 0 Å². The second-order valence-electron chi connectivity index (χ2n) is 5.46. The standard InChI is InChI=1S/C19H21F2O4.W/c20-19(21)18(23)13-25-17-8-4-15(5-9-17)12-14-2-6-16(7-3-14)24-11-1-10-22;/h1-9,18-19,22-23H,10-13H2;/q-1;. The Hall–Kier alpha value is -1.49. The zero-order valence-electron chi connectivity index (χ0n) is 14.1. The van der Waals surface area contributed by atoms with Gasteiger partial charge in [-0.25, -0.2) is 8.78 Å². The maximum absolute atomic E-state index is 12.2. The zero-order valence-corrected chi connectivity index (χ0v) is 17.0. The molecule has 0 amide bonds. The monoisotopic (exact) mass is 535 g/mol. The number of hydrogen-bond donors (Lipinski definition) is 2. The molecule has 4 nitrogen and oxygen atoms in total. The molecule has 0 saturated carbocycles. The number of benzene rings is 2. The molecule has 0 aliphatic carbocycles. The van der Waals surface area contributed by atoms with Gasteiger partial charge in [-0.05, 0) is 48.4 Å². The minimum atomic E-state index is -2.81. The average Bonchev–Trinajstić information content (AvgIpc) is 2.62. The van der Waals surface area contributed by atoms with E-state index in [9.17, 15) is 8.78 Å². The first-order chi connectivity index (χ1) is 12.1. The first kappa shape index (κ1) is 22.5. The molecule has 1 atom stereocenters. The molecular formula is C19H21F2O4W-. The minimum Gasteiger partial charge on any atom is -0.525 e. The zero-order chi connectivity index (χ0) is 18.1. The van der Waals surface area contributed by atoms with Gasteiger partial charge >= 0.3 is 0 Å². The summed E-state index contributed by atoms with van der Waals surface area (Å²) in [7, 11) is 0. The molecular weight excluding hydrogens is 514 g/mol. The van der Waals surface area contributed by atoms with Gasteiger partial charge in [0, 0.05) is 21.1 Å². The molecule has 0 bridgehead atoms. The smallest absolute Gasteiger partial charge is 0.267 e. The summed E-state index contributed by atoms with van der Waals surface area (Å²) < 4.78 is 35.0. The Kier molecular flexibility index (Phi) is 10.4. The van der Waals surface area contributed by atoms with Crippen molar-refractivity contribution < 1.29 is 49.5 Å². The second-order valence-corrected chi connectivity index (χ2v) is 5.46. The maximum atomic E-state index is 12.2. The Morgan fingerprint density at radius 3 is 1.85 bits per heavy atom. The Morgan fingerprint density at radius 2 is 1.38 bits per heavy atom. The molecule has 0 radical (unpaired) electrons. The van der Waals surface area contributed by atoms with E-state index in [1.54, 1.807) is 18.6 Å². The molecule has 2 N–H and O–H groups in total. The van der Waals surface area contributed by atoms with Gasteiger partial charge in [0.2, 0.25) is 0 Å². The Balaban J connectivity index is 0.00000338. The Labute approximate surface area is 166 Å². The van der Waals surface area contributed by atoms with Gasteiger partial charge in [-0.15, -0.1) is 0 Å². The van der Waals surface area contributed by atoms with Crippen LogP contribution in [-0.2, 0) is 27.5 Å². The van der Waals surface area contributed by atoms with Crippen molar-refractivity contribution in [1.82, 2.24) is 0 Å². The average molecular weight is 535 g/mol. The molecule has 7 heteroatoms. The first-order valence-corrected chi connectivity index (χ1v) is 7.90. The molecule has 0 saturated heterocycles. The molecule has 142 valence electrons. The van der Waals surface area contributed by atoms with E-state index in [0.717, 1.165) is 16.9 Å². The van der Waals surface area contributed by atoms with Crippen molar-refractivity contribution in [1.29, 1.82) is 0 Å². The normalized spacial score (nSPS) is 11.7. The van der Waals surface area contributed by atoms with Gasteiger partial charge in [0.1, 0.15) is 24.2 Å². The van der Waals surface area contributed by atoms with Crippen LogP contribution >= 0.6 is 0 Å². The predicted octanol–water partition coefficient (Wildman–Crippen LogP) is 2.86. The Bertz CT molecular complexity index is 620. The largest absolute Gasteiger partial charge is 0.525 e. The number of aliphatic hydroxyl groups is 2. The van der Waals surface area contributed by atoms with Crippen LogP contribution in [0.25, 0.3) is 0 Å². The van der Waals surface area contributed by atoms with Gasteiger partial charge in [-0.3, -0.25) is 6.42 Å². The van der Waals surface area contributed by atoms with Crippen molar-refractivity contribution in [3.8, 4) is 11.5 Å². The fourth-order valence-corrected chi connectivity index (χ4v) is 2.10. The number of rotatable bonds is 10. The SMILES string of the molecule is OC[CH-]COc1ccc(Cc2ccc(OCC(O)C(F)F)cc2)cc1.[W]. The summed E-state index contributed by atoms with van der Waals surface area (Å²) >= 11 is 0. The van der Waals surface area contributed by atoms with Crippen LogP contribution < -0.4 is 9.47 Å². The van der Waals surface area contributed by atoms with Gasteiger partial charge in [-0.2, -0.15) is 0 Å². The third-order valence-electron chi connectivity index (χ3n) is 3.46. The van der Waals surface area contributed by atoms with Crippen LogP contribution in [0.15, 0.2) is 48.5 Å². The molecule has 0 aliphatic rings. The van der Waals surface area contributed by atoms with E-state index < -0.39 is 19.1 Å². The summed E-state index contributed by atoms with van der Waals surface area (Å²) in [5, 5.41) is 17.7. The number of ether oxygens (including phenoxy) is 2. The van der Waals surface area contributed by atoms with Crippen molar-refractivity contribution >= 4 is 0 Å². The van der Waals surface area contributed by atoms with Gasteiger partial charge < -0.3 is 19.7 Å². The van der Waals surface area contributed by atoms with Crippen LogP contribution in [-0.4, -0.2) is 42.6 Å². The fraction of sp³-hybridized carbons (Fsp3) is 0.316. The van der Waals surface area contributed by atoms with Crippen molar-refractivity contribution in [3.63, 3.8) is 0 Å². The van der Waals surface area contributed by atoms with E-state index in [4.69, 9.17) is 19.7 Å². The molecule has 0 fully saturated rings. The van der Waals surface area contributed by atoms with Crippen molar-refractivity contribution in [2.75, 3.05) is 19.8 Å². The van der Waals surface area contributed by atoms with Crippen LogP contribution in [0.1, 0.15) is 11.1 Å². The predicted molar refractivity (Wildman–Crippen MR) is 90.1 cm³/mol. The molecule has 0 aromatic heterocycles. The molecule has 2 rings (SSSR count). The van der Waals surface area contributed by atoms with Gasteiger partial charge in [0.15, 0.2) is 0 Å². The summed E-state index contributed by atoms with van der Waals surface area (Å²) in [5.74, 6) is 1.17. The van der Waals surface area contributed by atoms with Crippen LogP contribution in [0, 0.1) is 6.42 Å². The van der Waals surface area contributed by atoms with E-state index in [0.29, 0.717) is 18.8 Å². The van der Waals surface area contributed by atoms with E-state index in [1.807, 2.05) is 36.4 Å². The van der Waals surface area contributed by atoms with Crippen LogP contribution in [0.4, 0.5) is 8.78 Å². The van der Waals surface area contributed by atoms with Crippen molar-refractivity contribution in [2.24, 2.45) is 0 Å². The topological polar surface area (TPSA) is 58.9 Å². The number of aliphatic hydroxyl groups excluding tert-OH is 2. The van der Waals surface area contributed by atoms with Gasteiger partial charge in [-0.1, -0.05) is 30.9 Å². The van der Waals surface area contributed by atoms with E-state index >= 15 is 0 Å². The molecule has 1 unspecified atom stereocenters. The summed E-state index contributed by atoms with van der Waals surface area (Å²) in [5.41, 5.74) is 2.14. The second kappa shape index (κ2) is 12.0. The third-order valence-corrected chi connectivity index (χ3v) is 3.46. The summed E-state index contributed by atoms with van der Waals surface area (Å²) in [6, 6.07) is 14.7. The maximum Gasteiger partial charge on any atom is 0.267 e. The Morgan fingerprint density at radius 1 is 0.885 bits per heavy atom. The van der Waals surface area contributed by atoms with Gasteiger partial charge in [0.25, 0.3) is 6.43 Å². The first-order valence-electron chi connectivity index (χ1n) is 7.90. The molecule has 0 heterocycles. The third kappa shape index (κ3) is 7.81. The minimum absolute atomic E-state index is 0. The molecule has 2 aromatic carbocycles. The molecule has 2 aromatic rings. The molecule has 0 spiro atoms. The van der Waals surface area contributed by atoms with Crippen LogP contribution in [0.3, 0.4) is 0 Å². The quantitative estimate of drug-likeness (QED) is 0.363. The number of hydrogen-bond acceptors (Lipinski definition) is 4. The number of halogens is 2. The van der Waals surface area contributed by atoms with Crippen molar-refractivity contribution in [3.05, 3.63) is 66.1 Å². The summed E-state index contributed by atoms with van der Waals surface area (Å²) in [4.78, 5) is 0. The van der Waals surface area contributed by atoms with Crippen LogP contribution in [0.5, 0.6) is 11.5 Å².